The van der Waals surface area contributed by atoms with Crippen LogP contribution in [0.2, 0.25) is 0 Å². The second kappa shape index (κ2) is 7.08. The number of hydrogen-bond acceptors (Lipinski definition) is 5. The molecule has 0 radical (unpaired) electrons. The van der Waals surface area contributed by atoms with E-state index in [4.69, 9.17) is 0 Å². The van der Waals surface area contributed by atoms with Crippen LogP contribution in [0.25, 0.3) is 11.0 Å². The third-order valence-corrected chi connectivity index (χ3v) is 5.77. The zero-order valence-corrected chi connectivity index (χ0v) is 16.1. The van der Waals surface area contributed by atoms with Crippen molar-refractivity contribution in [1.29, 1.82) is 0 Å². The van der Waals surface area contributed by atoms with Crippen molar-refractivity contribution in [3.8, 4) is 0 Å². The van der Waals surface area contributed by atoms with Crippen LogP contribution >= 0.6 is 11.3 Å². The average molecular weight is 380 g/mol. The van der Waals surface area contributed by atoms with Gasteiger partial charge in [-0.05, 0) is 43.5 Å². The van der Waals surface area contributed by atoms with Gasteiger partial charge in [-0.1, -0.05) is 6.07 Å². The SMILES string of the molecule is Cc1nc2ccc(C(=O)N3CCN(C(=O)c4cccs4)CC3)cc2nc1C. The number of amides is 2. The van der Waals surface area contributed by atoms with Crippen LogP contribution in [-0.2, 0) is 0 Å². The summed E-state index contributed by atoms with van der Waals surface area (Å²) in [5.74, 6) is 0.0177. The Bertz CT molecular complexity index is 1010. The van der Waals surface area contributed by atoms with Gasteiger partial charge in [0.25, 0.3) is 11.8 Å². The van der Waals surface area contributed by atoms with E-state index in [2.05, 4.69) is 9.97 Å². The number of hydrogen-bond donors (Lipinski definition) is 0. The number of piperazine rings is 1. The maximum absolute atomic E-state index is 12.9. The lowest BCUT2D eigenvalue weighted by Gasteiger charge is -2.34. The highest BCUT2D eigenvalue weighted by molar-refractivity contribution is 7.12. The first-order valence-electron chi connectivity index (χ1n) is 8.90. The lowest BCUT2D eigenvalue weighted by Crippen LogP contribution is -2.50. The number of thiophene rings is 1. The highest BCUT2D eigenvalue weighted by atomic mass is 32.1. The van der Waals surface area contributed by atoms with Crippen molar-refractivity contribution in [2.24, 2.45) is 0 Å². The van der Waals surface area contributed by atoms with E-state index in [1.54, 1.807) is 17.0 Å². The summed E-state index contributed by atoms with van der Waals surface area (Å²) in [6.45, 7) is 6.01. The van der Waals surface area contributed by atoms with Gasteiger partial charge in [-0.15, -0.1) is 11.3 Å². The summed E-state index contributed by atoms with van der Waals surface area (Å²) in [4.78, 5) is 38.7. The first-order chi connectivity index (χ1) is 13.0. The molecule has 4 rings (SSSR count). The van der Waals surface area contributed by atoms with Crippen LogP contribution < -0.4 is 0 Å². The van der Waals surface area contributed by atoms with Gasteiger partial charge in [0.15, 0.2) is 0 Å². The smallest absolute Gasteiger partial charge is 0.264 e. The minimum Gasteiger partial charge on any atom is -0.335 e. The summed E-state index contributed by atoms with van der Waals surface area (Å²) in [5.41, 5.74) is 3.90. The van der Waals surface area contributed by atoms with Gasteiger partial charge in [0.2, 0.25) is 0 Å². The molecule has 1 aliphatic heterocycles. The van der Waals surface area contributed by atoms with Crippen LogP contribution in [0.15, 0.2) is 35.7 Å². The molecule has 0 unspecified atom stereocenters. The van der Waals surface area contributed by atoms with Crippen molar-refractivity contribution in [3.05, 3.63) is 57.5 Å². The van der Waals surface area contributed by atoms with E-state index in [1.807, 2.05) is 42.3 Å². The number of aryl methyl sites for hydroxylation is 2. The molecule has 2 amide bonds. The Balaban J connectivity index is 1.47. The maximum atomic E-state index is 12.9. The maximum Gasteiger partial charge on any atom is 0.264 e. The van der Waals surface area contributed by atoms with E-state index in [0.717, 1.165) is 27.3 Å². The summed E-state index contributed by atoms with van der Waals surface area (Å²) in [5, 5.41) is 1.90. The number of benzene rings is 1. The zero-order valence-electron chi connectivity index (χ0n) is 15.3. The molecular formula is C20H20N4O2S. The van der Waals surface area contributed by atoms with E-state index in [9.17, 15) is 9.59 Å². The number of carbonyl (C=O) groups is 2. The van der Waals surface area contributed by atoms with Gasteiger partial charge in [-0.25, -0.2) is 9.97 Å². The Morgan fingerprint density at radius 3 is 2.15 bits per heavy atom. The molecule has 0 N–H and O–H groups in total. The van der Waals surface area contributed by atoms with Crippen LogP contribution in [0.1, 0.15) is 31.4 Å². The van der Waals surface area contributed by atoms with Crippen LogP contribution in [0.3, 0.4) is 0 Å². The van der Waals surface area contributed by atoms with Gasteiger partial charge in [-0.3, -0.25) is 9.59 Å². The first-order valence-corrected chi connectivity index (χ1v) is 9.78. The van der Waals surface area contributed by atoms with Crippen molar-refractivity contribution < 1.29 is 9.59 Å². The summed E-state index contributed by atoms with van der Waals surface area (Å²) < 4.78 is 0. The summed E-state index contributed by atoms with van der Waals surface area (Å²) in [6.07, 6.45) is 0. The van der Waals surface area contributed by atoms with Gasteiger partial charge >= 0.3 is 0 Å². The number of aromatic nitrogens is 2. The molecular weight excluding hydrogens is 360 g/mol. The molecule has 0 aliphatic carbocycles. The van der Waals surface area contributed by atoms with Crippen LogP contribution in [-0.4, -0.2) is 57.8 Å². The highest BCUT2D eigenvalue weighted by Gasteiger charge is 2.26. The molecule has 0 bridgehead atoms. The van der Waals surface area contributed by atoms with Gasteiger partial charge in [0, 0.05) is 31.7 Å². The molecule has 3 aromatic rings. The predicted octanol–water partition coefficient (Wildman–Crippen LogP) is 2.91. The van der Waals surface area contributed by atoms with Crippen molar-refractivity contribution in [1.82, 2.24) is 19.8 Å². The quantitative estimate of drug-likeness (QED) is 0.686. The Kier molecular flexibility index (Phi) is 4.61. The van der Waals surface area contributed by atoms with Gasteiger partial charge in [-0.2, -0.15) is 0 Å². The van der Waals surface area contributed by atoms with Gasteiger partial charge < -0.3 is 9.80 Å². The van der Waals surface area contributed by atoms with E-state index < -0.39 is 0 Å². The lowest BCUT2D eigenvalue weighted by atomic mass is 10.1. The van der Waals surface area contributed by atoms with Crippen LogP contribution in [0, 0.1) is 13.8 Å². The molecule has 1 aliphatic rings. The molecule has 1 aromatic carbocycles. The Morgan fingerprint density at radius 2 is 1.52 bits per heavy atom. The normalized spacial score (nSPS) is 14.6. The first kappa shape index (κ1) is 17.6. The van der Waals surface area contributed by atoms with E-state index in [0.29, 0.717) is 31.7 Å². The Morgan fingerprint density at radius 1 is 0.889 bits per heavy atom. The minimum atomic E-state index is -0.0276. The van der Waals surface area contributed by atoms with Gasteiger partial charge in [0.05, 0.1) is 27.3 Å². The monoisotopic (exact) mass is 380 g/mol. The summed E-state index contributed by atoms with van der Waals surface area (Å²) in [7, 11) is 0. The predicted molar refractivity (Wildman–Crippen MR) is 105 cm³/mol. The second-order valence-electron chi connectivity index (χ2n) is 6.66. The molecule has 7 heteroatoms. The minimum absolute atomic E-state index is 0.0276. The molecule has 3 heterocycles. The van der Waals surface area contributed by atoms with Crippen molar-refractivity contribution in [2.75, 3.05) is 26.2 Å². The van der Waals surface area contributed by atoms with Crippen molar-refractivity contribution in [2.45, 2.75) is 13.8 Å². The molecule has 6 nitrogen and oxygen atoms in total. The average Bonchev–Trinajstić information content (AvgIpc) is 3.22. The van der Waals surface area contributed by atoms with Crippen LogP contribution in [0.4, 0.5) is 0 Å². The summed E-state index contributed by atoms with van der Waals surface area (Å²) >= 11 is 1.45. The zero-order chi connectivity index (χ0) is 19.0. The van der Waals surface area contributed by atoms with Gasteiger partial charge in [0.1, 0.15) is 0 Å². The van der Waals surface area contributed by atoms with E-state index in [-0.39, 0.29) is 11.8 Å². The van der Waals surface area contributed by atoms with Crippen LogP contribution in [0.5, 0.6) is 0 Å². The van der Waals surface area contributed by atoms with E-state index >= 15 is 0 Å². The number of carbonyl (C=O) groups excluding carboxylic acids is 2. The molecule has 138 valence electrons. The topological polar surface area (TPSA) is 66.4 Å². The molecule has 0 atom stereocenters. The molecule has 27 heavy (non-hydrogen) atoms. The third kappa shape index (κ3) is 3.42. The molecule has 1 saturated heterocycles. The van der Waals surface area contributed by atoms with E-state index in [1.165, 1.54) is 11.3 Å². The van der Waals surface area contributed by atoms with Crippen molar-refractivity contribution in [3.63, 3.8) is 0 Å². The fraction of sp³-hybridized carbons (Fsp3) is 0.300. The fourth-order valence-corrected chi connectivity index (χ4v) is 3.91. The fourth-order valence-electron chi connectivity index (χ4n) is 3.22. The molecule has 2 aromatic heterocycles. The number of nitrogens with zero attached hydrogens (tertiary/aromatic N) is 4. The Hall–Kier alpha value is -2.80. The second-order valence-corrected chi connectivity index (χ2v) is 7.61. The summed E-state index contributed by atoms with van der Waals surface area (Å²) in [6, 6.07) is 9.17. The van der Waals surface area contributed by atoms with Crippen molar-refractivity contribution >= 4 is 34.2 Å². The Labute approximate surface area is 161 Å². The highest BCUT2D eigenvalue weighted by Crippen LogP contribution is 2.18. The number of fused-ring (bicyclic) bond motifs is 1. The molecule has 0 spiro atoms. The standard InChI is InChI=1S/C20H20N4O2S/c1-13-14(2)22-17-12-15(5-6-16(17)21-13)19(25)23-7-9-24(10-8-23)20(26)18-4-3-11-27-18/h3-6,11-12H,7-10H2,1-2H3. The molecule has 1 fully saturated rings. The largest absolute Gasteiger partial charge is 0.335 e. The lowest BCUT2D eigenvalue weighted by molar-refractivity contribution is 0.0538. The molecule has 0 saturated carbocycles. The third-order valence-electron chi connectivity index (χ3n) is 4.91. The number of rotatable bonds is 2.